The summed E-state index contributed by atoms with van der Waals surface area (Å²) >= 11 is 6.15. The molecule has 3 nitrogen and oxygen atoms in total. The van der Waals surface area contributed by atoms with Gasteiger partial charge in [0.1, 0.15) is 5.75 Å². The van der Waals surface area contributed by atoms with Gasteiger partial charge in [0.15, 0.2) is 0 Å². The first-order chi connectivity index (χ1) is 15.2. The van der Waals surface area contributed by atoms with Crippen molar-refractivity contribution >= 4 is 29.3 Å². The van der Waals surface area contributed by atoms with Crippen LogP contribution in [0.3, 0.4) is 0 Å². The number of nitrogens with zero attached hydrogens (tertiary/aromatic N) is 1. The van der Waals surface area contributed by atoms with Crippen LogP contribution in [-0.2, 0) is 10.2 Å². The Kier molecular flexibility index (Phi) is 5.87. The predicted molar refractivity (Wildman–Crippen MR) is 133 cm³/mol. The highest BCUT2D eigenvalue weighted by molar-refractivity contribution is 6.30. The van der Waals surface area contributed by atoms with E-state index in [0.717, 1.165) is 34.0 Å². The van der Waals surface area contributed by atoms with E-state index in [0.29, 0.717) is 0 Å². The number of methoxy groups -OCH3 is 1. The number of hydrogen-bond donors (Lipinski definition) is 0. The summed E-state index contributed by atoms with van der Waals surface area (Å²) < 4.78 is 5.21. The van der Waals surface area contributed by atoms with E-state index >= 15 is 0 Å². The standard InChI is InChI=1S/C28H28ClNO2/c1-27(2)19-28(3,21-12-14-22(29)15-13-21)24-7-5-6-8-25(24)30(27)26(31)18-11-20-9-16-23(32-4)17-10-20/h5-18H,19H2,1-4H3/b18-11-/t28-/m1/s1. The average Bonchev–Trinajstić information content (AvgIpc) is 2.78. The third-order valence-corrected chi connectivity index (χ3v) is 6.62. The molecule has 1 heterocycles. The molecule has 0 saturated carbocycles. The number of carbonyl (C=O) groups excluding carboxylic acids is 1. The average molecular weight is 446 g/mol. The normalized spacial score (nSPS) is 19.6. The van der Waals surface area contributed by atoms with Crippen molar-refractivity contribution in [2.24, 2.45) is 0 Å². The summed E-state index contributed by atoms with van der Waals surface area (Å²) in [7, 11) is 1.64. The predicted octanol–water partition coefficient (Wildman–Crippen LogP) is 6.88. The van der Waals surface area contributed by atoms with E-state index in [1.807, 2.05) is 65.6 Å². The smallest absolute Gasteiger partial charge is 0.251 e. The van der Waals surface area contributed by atoms with Crippen LogP contribution >= 0.6 is 11.6 Å². The number of anilines is 1. The highest BCUT2D eigenvalue weighted by Gasteiger charge is 2.47. The largest absolute Gasteiger partial charge is 0.497 e. The molecule has 32 heavy (non-hydrogen) atoms. The van der Waals surface area contributed by atoms with Gasteiger partial charge in [-0.15, -0.1) is 0 Å². The number of halogens is 1. The SMILES string of the molecule is COc1ccc(/C=C\C(=O)N2c3ccccc3[C@@](C)(c3ccc(Cl)cc3)CC2(C)C)cc1. The molecule has 0 saturated heterocycles. The van der Waals surface area contributed by atoms with E-state index in [1.54, 1.807) is 13.2 Å². The first-order valence-electron chi connectivity index (χ1n) is 10.8. The molecule has 4 heteroatoms. The minimum absolute atomic E-state index is 0.0311. The first-order valence-corrected chi connectivity index (χ1v) is 11.1. The third-order valence-electron chi connectivity index (χ3n) is 6.37. The Bertz CT molecular complexity index is 1150. The molecular weight excluding hydrogens is 418 g/mol. The molecule has 4 rings (SSSR count). The fraction of sp³-hybridized carbons (Fsp3) is 0.250. The molecule has 1 aliphatic rings. The minimum atomic E-state index is -0.385. The van der Waals surface area contributed by atoms with Crippen molar-refractivity contribution < 1.29 is 9.53 Å². The second-order valence-electron chi connectivity index (χ2n) is 9.13. The van der Waals surface area contributed by atoms with E-state index in [4.69, 9.17) is 16.3 Å². The van der Waals surface area contributed by atoms with Crippen LogP contribution in [-0.4, -0.2) is 18.6 Å². The fourth-order valence-corrected chi connectivity index (χ4v) is 5.08. The molecule has 3 aromatic carbocycles. The van der Waals surface area contributed by atoms with Crippen molar-refractivity contribution in [3.05, 3.63) is 101 Å². The van der Waals surface area contributed by atoms with Crippen LogP contribution in [0.4, 0.5) is 5.69 Å². The zero-order valence-corrected chi connectivity index (χ0v) is 19.7. The zero-order chi connectivity index (χ0) is 22.9. The van der Waals surface area contributed by atoms with Gasteiger partial charge in [-0.05, 0) is 73.4 Å². The van der Waals surface area contributed by atoms with Crippen molar-refractivity contribution in [2.45, 2.75) is 38.1 Å². The monoisotopic (exact) mass is 445 g/mol. The zero-order valence-electron chi connectivity index (χ0n) is 18.9. The number of ether oxygens (including phenoxy) is 1. The number of fused-ring (bicyclic) bond motifs is 1. The quantitative estimate of drug-likeness (QED) is 0.409. The van der Waals surface area contributed by atoms with Gasteiger partial charge < -0.3 is 9.64 Å². The summed E-state index contributed by atoms with van der Waals surface area (Å²) in [4.78, 5) is 15.4. The van der Waals surface area contributed by atoms with Crippen LogP contribution in [0.25, 0.3) is 6.08 Å². The molecule has 0 aromatic heterocycles. The summed E-state index contributed by atoms with van der Waals surface area (Å²) in [6, 6.07) is 23.9. The van der Waals surface area contributed by atoms with Gasteiger partial charge in [0.25, 0.3) is 5.91 Å². The molecule has 164 valence electrons. The van der Waals surface area contributed by atoms with E-state index in [1.165, 1.54) is 5.56 Å². The van der Waals surface area contributed by atoms with Crippen LogP contribution in [0.5, 0.6) is 5.75 Å². The van der Waals surface area contributed by atoms with Gasteiger partial charge in [-0.2, -0.15) is 0 Å². The number of benzene rings is 3. The molecule has 0 spiro atoms. The van der Waals surface area contributed by atoms with Crippen LogP contribution in [0.1, 0.15) is 43.9 Å². The van der Waals surface area contributed by atoms with Crippen molar-refractivity contribution in [1.29, 1.82) is 0 Å². The molecule has 1 atom stereocenters. The second kappa shape index (κ2) is 8.48. The Morgan fingerprint density at radius 1 is 0.969 bits per heavy atom. The maximum absolute atomic E-state index is 13.5. The maximum atomic E-state index is 13.5. The van der Waals surface area contributed by atoms with Crippen molar-refractivity contribution in [2.75, 3.05) is 12.0 Å². The first kappa shape index (κ1) is 22.2. The van der Waals surface area contributed by atoms with Crippen LogP contribution < -0.4 is 9.64 Å². The molecular formula is C28H28ClNO2. The molecule has 3 aromatic rings. The number of carbonyl (C=O) groups is 1. The van der Waals surface area contributed by atoms with E-state index in [9.17, 15) is 4.79 Å². The lowest BCUT2D eigenvalue weighted by Crippen LogP contribution is -2.55. The number of hydrogen-bond acceptors (Lipinski definition) is 2. The van der Waals surface area contributed by atoms with Crippen LogP contribution in [0.15, 0.2) is 78.9 Å². The van der Waals surface area contributed by atoms with E-state index in [-0.39, 0.29) is 16.9 Å². The van der Waals surface area contributed by atoms with Gasteiger partial charge in [0.2, 0.25) is 0 Å². The Balaban J connectivity index is 1.73. The molecule has 0 fully saturated rings. The van der Waals surface area contributed by atoms with Gasteiger partial charge in [0.05, 0.1) is 7.11 Å². The third kappa shape index (κ3) is 4.05. The van der Waals surface area contributed by atoms with Gasteiger partial charge >= 0.3 is 0 Å². The summed E-state index contributed by atoms with van der Waals surface area (Å²) in [5.41, 5.74) is 3.63. The van der Waals surface area contributed by atoms with Crippen molar-refractivity contribution in [1.82, 2.24) is 0 Å². The summed E-state index contributed by atoms with van der Waals surface area (Å²) in [5, 5.41) is 0.723. The number of para-hydroxylation sites is 1. The second-order valence-corrected chi connectivity index (χ2v) is 9.56. The Morgan fingerprint density at radius 2 is 1.62 bits per heavy atom. The van der Waals surface area contributed by atoms with Gasteiger partial charge in [-0.3, -0.25) is 4.79 Å². The van der Waals surface area contributed by atoms with Crippen molar-refractivity contribution in [3.63, 3.8) is 0 Å². The Morgan fingerprint density at radius 3 is 2.28 bits per heavy atom. The Labute approximate surface area is 195 Å². The number of amides is 1. The van der Waals surface area contributed by atoms with Crippen molar-refractivity contribution in [3.8, 4) is 5.75 Å². The highest BCUT2D eigenvalue weighted by atomic mass is 35.5. The molecule has 0 unspecified atom stereocenters. The fourth-order valence-electron chi connectivity index (χ4n) is 4.95. The van der Waals surface area contributed by atoms with E-state index in [2.05, 4.69) is 39.0 Å². The van der Waals surface area contributed by atoms with E-state index < -0.39 is 0 Å². The van der Waals surface area contributed by atoms with Gasteiger partial charge in [0, 0.05) is 27.7 Å². The molecule has 0 radical (unpaired) electrons. The lowest BCUT2D eigenvalue weighted by molar-refractivity contribution is -0.115. The summed E-state index contributed by atoms with van der Waals surface area (Å²) in [6.45, 7) is 6.53. The number of rotatable bonds is 4. The van der Waals surface area contributed by atoms with Crippen LogP contribution in [0, 0.1) is 0 Å². The highest BCUT2D eigenvalue weighted by Crippen LogP contribution is 2.50. The Hall–Kier alpha value is -3.04. The lowest BCUT2D eigenvalue weighted by Gasteiger charge is -2.51. The topological polar surface area (TPSA) is 29.5 Å². The maximum Gasteiger partial charge on any atom is 0.251 e. The molecule has 1 amide bonds. The van der Waals surface area contributed by atoms with Gasteiger partial charge in [-0.25, -0.2) is 0 Å². The summed E-state index contributed by atoms with van der Waals surface area (Å²) in [6.07, 6.45) is 4.31. The molecule has 1 aliphatic heterocycles. The minimum Gasteiger partial charge on any atom is -0.497 e. The van der Waals surface area contributed by atoms with Gasteiger partial charge in [-0.1, -0.05) is 61.0 Å². The molecule has 0 N–H and O–H groups in total. The summed E-state index contributed by atoms with van der Waals surface area (Å²) in [5.74, 6) is 0.762. The molecule has 0 aliphatic carbocycles. The lowest BCUT2D eigenvalue weighted by atomic mass is 9.65. The van der Waals surface area contributed by atoms with Crippen LogP contribution in [0.2, 0.25) is 5.02 Å². The molecule has 0 bridgehead atoms.